The summed E-state index contributed by atoms with van der Waals surface area (Å²) in [5.41, 5.74) is 5.51. The maximum absolute atomic E-state index is 12.4. The number of aromatic nitrogens is 3. The molecule has 0 spiro atoms. The lowest BCUT2D eigenvalue weighted by Crippen LogP contribution is -2.47. The molecule has 1 aliphatic rings. The summed E-state index contributed by atoms with van der Waals surface area (Å²) >= 11 is 4.83. The second-order valence-corrected chi connectivity index (χ2v) is 6.71. The Morgan fingerprint density at radius 1 is 1.61 bits per heavy atom. The highest BCUT2D eigenvalue weighted by Crippen LogP contribution is 2.19. The van der Waals surface area contributed by atoms with E-state index in [4.69, 9.17) is 18.0 Å². The number of hydrogen-bond donors (Lipinski definition) is 1. The molecule has 0 saturated heterocycles. The second kappa shape index (κ2) is 4.90. The second-order valence-electron chi connectivity index (χ2n) is 4.12. The van der Waals surface area contributed by atoms with E-state index >= 15 is 0 Å². The van der Waals surface area contributed by atoms with Gasteiger partial charge in [0.15, 0.2) is 0 Å². The van der Waals surface area contributed by atoms with Crippen LogP contribution in [0.1, 0.15) is 19.2 Å². The number of nitrogens with zero attached hydrogens (tertiary/aromatic N) is 4. The molecule has 7 nitrogen and oxygen atoms in total. The molecule has 1 aromatic rings. The van der Waals surface area contributed by atoms with E-state index < -0.39 is 15.3 Å². The van der Waals surface area contributed by atoms with Crippen LogP contribution >= 0.6 is 12.2 Å². The van der Waals surface area contributed by atoms with E-state index in [1.54, 1.807) is 13.3 Å². The topological polar surface area (TPSA) is 94.1 Å². The highest BCUT2D eigenvalue weighted by molar-refractivity contribution is 7.92. The van der Waals surface area contributed by atoms with E-state index in [-0.39, 0.29) is 11.5 Å². The fourth-order valence-corrected chi connectivity index (χ4v) is 4.24. The maximum Gasteiger partial charge on any atom is 0.223 e. The zero-order valence-corrected chi connectivity index (χ0v) is 11.6. The van der Waals surface area contributed by atoms with Crippen molar-refractivity contribution in [2.24, 2.45) is 5.73 Å². The van der Waals surface area contributed by atoms with Crippen molar-refractivity contribution in [3.05, 3.63) is 12.2 Å². The molecule has 2 rings (SSSR count). The molecular weight excluding hydrogens is 274 g/mol. The third kappa shape index (κ3) is 2.25. The average Bonchev–Trinajstić information content (AvgIpc) is 2.75. The summed E-state index contributed by atoms with van der Waals surface area (Å²) in [6, 6.07) is 0. The first kappa shape index (κ1) is 13.4. The number of thiocarbonyl (C=S) groups is 1. The van der Waals surface area contributed by atoms with Crippen LogP contribution < -0.4 is 5.73 Å². The van der Waals surface area contributed by atoms with Crippen molar-refractivity contribution in [2.45, 2.75) is 31.7 Å². The number of rotatable bonds is 4. The van der Waals surface area contributed by atoms with Crippen LogP contribution in [0.25, 0.3) is 0 Å². The predicted octanol–water partition coefficient (Wildman–Crippen LogP) is -0.512. The molecule has 1 unspecified atom stereocenters. The third-order valence-electron chi connectivity index (χ3n) is 3.01. The van der Waals surface area contributed by atoms with Gasteiger partial charge in [-0.2, -0.15) is 4.31 Å². The molecule has 18 heavy (non-hydrogen) atoms. The first-order valence-electron chi connectivity index (χ1n) is 5.61. The van der Waals surface area contributed by atoms with E-state index in [0.717, 1.165) is 0 Å². The first-order chi connectivity index (χ1) is 8.46. The fourth-order valence-electron chi connectivity index (χ4n) is 2.00. The molecule has 9 heteroatoms. The Balaban J connectivity index is 2.25. The lowest BCUT2D eigenvalue weighted by Gasteiger charge is -2.29. The lowest BCUT2D eigenvalue weighted by atomic mass is 10.3. The van der Waals surface area contributed by atoms with E-state index in [9.17, 15) is 8.42 Å². The summed E-state index contributed by atoms with van der Waals surface area (Å²) in [4.78, 5) is 0.0181. The van der Waals surface area contributed by atoms with Crippen molar-refractivity contribution in [3.63, 3.8) is 0 Å². The highest BCUT2D eigenvalue weighted by Gasteiger charge is 2.35. The van der Waals surface area contributed by atoms with Crippen LogP contribution in [0, 0.1) is 0 Å². The van der Waals surface area contributed by atoms with Crippen molar-refractivity contribution >= 4 is 27.2 Å². The summed E-state index contributed by atoms with van der Waals surface area (Å²) in [5, 5.41) is 6.85. The SMILES string of the molecule is CCC(C(N)=S)S(=O)(=O)N1CCn2cnnc2C1. The molecule has 1 aliphatic heterocycles. The zero-order valence-electron chi connectivity index (χ0n) is 9.98. The van der Waals surface area contributed by atoms with Crippen molar-refractivity contribution in [1.29, 1.82) is 0 Å². The monoisotopic (exact) mass is 289 g/mol. The fraction of sp³-hybridized carbons (Fsp3) is 0.667. The molecule has 0 aromatic carbocycles. The largest absolute Gasteiger partial charge is 0.392 e. The standard InChI is InChI=1S/C9H15N5O2S2/c1-2-7(9(10)17)18(15,16)14-4-3-13-6-11-12-8(13)5-14/h6-7H,2-5H2,1H3,(H2,10,17). The molecule has 2 heterocycles. The molecule has 0 bridgehead atoms. The van der Waals surface area contributed by atoms with Gasteiger partial charge in [0, 0.05) is 13.1 Å². The van der Waals surface area contributed by atoms with E-state index in [1.165, 1.54) is 4.31 Å². The molecule has 100 valence electrons. The molecule has 0 saturated carbocycles. The van der Waals surface area contributed by atoms with Crippen LogP contribution in [-0.2, 0) is 23.1 Å². The highest BCUT2D eigenvalue weighted by atomic mass is 32.2. The number of fused-ring (bicyclic) bond motifs is 1. The summed E-state index contributed by atoms with van der Waals surface area (Å²) in [6.07, 6.45) is 1.98. The van der Waals surface area contributed by atoms with Gasteiger partial charge in [-0.05, 0) is 6.42 Å². The Hall–Kier alpha value is -1.06. The van der Waals surface area contributed by atoms with Gasteiger partial charge in [0.1, 0.15) is 17.4 Å². The Morgan fingerprint density at radius 3 is 2.94 bits per heavy atom. The zero-order chi connectivity index (χ0) is 13.3. The minimum absolute atomic E-state index is 0.0181. The van der Waals surface area contributed by atoms with Gasteiger partial charge in [0.2, 0.25) is 10.0 Å². The minimum Gasteiger partial charge on any atom is -0.392 e. The Kier molecular flexibility index (Phi) is 3.64. The molecule has 0 fully saturated rings. The van der Waals surface area contributed by atoms with E-state index in [2.05, 4.69) is 10.2 Å². The molecular formula is C9H15N5O2S2. The van der Waals surface area contributed by atoms with Gasteiger partial charge in [-0.25, -0.2) is 8.42 Å². The average molecular weight is 289 g/mol. The molecule has 1 atom stereocenters. The van der Waals surface area contributed by atoms with Gasteiger partial charge in [-0.15, -0.1) is 10.2 Å². The molecule has 2 N–H and O–H groups in total. The molecule has 0 radical (unpaired) electrons. The molecule has 0 amide bonds. The van der Waals surface area contributed by atoms with Crippen molar-refractivity contribution in [3.8, 4) is 0 Å². The van der Waals surface area contributed by atoms with E-state index in [0.29, 0.717) is 25.3 Å². The predicted molar refractivity (Wildman–Crippen MR) is 70.2 cm³/mol. The van der Waals surface area contributed by atoms with E-state index in [1.807, 2.05) is 4.57 Å². The Morgan fingerprint density at radius 2 is 2.33 bits per heavy atom. The molecule has 0 aliphatic carbocycles. The van der Waals surface area contributed by atoms with Crippen LogP contribution in [0.2, 0.25) is 0 Å². The third-order valence-corrected chi connectivity index (χ3v) is 5.78. The summed E-state index contributed by atoms with van der Waals surface area (Å²) in [7, 11) is -3.51. The van der Waals surface area contributed by atoms with Crippen LogP contribution in [0.15, 0.2) is 6.33 Å². The van der Waals surface area contributed by atoms with Gasteiger partial charge in [0.05, 0.1) is 11.5 Å². The van der Waals surface area contributed by atoms with Crippen molar-refractivity contribution in [2.75, 3.05) is 6.54 Å². The van der Waals surface area contributed by atoms with Gasteiger partial charge < -0.3 is 10.3 Å². The Labute approximate surface area is 111 Å². The van der Waals surface area contributed by atoms with Crippen LogP contribution in [0.5, 0.6) is 0 Å². The Bertz CT molecular complexity index is 553. The lowest BCUT2D eigenvalue weighted by molar-refractivity contribution is 0.333. The summed E-state index contributed by atoms with van der Waals surface area (Å²) in [6.45, 7) is 2.93. The molecule has 1 aromatic heterocycles. The maximum atomic E-state index is 12.4. The smallest absolute Gasteiger partial charge is 0.223 e. The van der Waals surface area contributed by atoms with Gasteiger partial charge in [0.25, 0.3) is 0 Å². The van der Waals surface area contributed by atoms with Crippen LogP contribution in [0.4, 0.5) is 0 Å². The number of sulfonamides is 1. The quantitative estimate of drug-likeness (QED) is 0.750. The van der Waals surface area contributed by atoms with Crippen molar-refractivity contribution < 1.29 is 8.42 Å². The summed E-state index contributed by atoms with van der Waals surface area (Å²) in [5.74, 6) is 0.641. The minimum atomic E-state index is -3.51. The normalized spacial score (nSPS) is 18.3. The van der Waals surface area contributed by atoms with Crippen LogP contribution in [0.3, 0.4) is 0 Å². The number of nitrogens with two attached hydrogens (primary N) is 1. The number of hydrogen-bond acceptors (Lipinski definition) is 5. The summed E-state index contributed by atoms with van der Waals surface area (Å²) < 4.78 is 28.0. The van der Waals surface area contributed by atoms with Gasteiger partial charge >= 0.3 is 0 Å². The van der Waals surface area contributed by atoms with Crippen molar-refractivity contribution in [1.82, 2.24) is 19.1 Å². The van der Waals surface area contributed by atoms with Gasteiger partial charge in [-0.3, -0.25) is 0 Å². The first-order valence-corrected chi connectivity index (χ1v) is 7.53. The van der Waals surface area contributed by atoms with Gasteiger partial charge in [-0.1, -0.05) is 19.1 Å². The van der Waals surface area contributed by atoms with Crippen LogP contribution in [-0.4, -0.2) is 44.3 Å².